The number of aliphatic hydroxyl groups excluding tert-OH is 2. The predicted molar refractivity (Wildman–Crippen MR) is 68.3 cm³/mol. The van der Waals surface area contributed by atoms with E-state index in [2.05, 4.69) is 0 Å². The molecule has 0 aromatic rings. The second-order valence-corrected chi connectivity index (χ2v) is 3.51. The third-order valence-corrected chi connectivity index (χ3v) is 1.96. The quantitative estimate of drug-likeness (QED) is 0.258. The third kappa shape index (κ3) is 26.0. The van der Waals surface area contributed by atoms with E-state index in [1.807, 2.05) is 0 Å². The standard InChI is InChI=1S/C12H26O7.2Fe/c13-1-3-15-5-7-17-9-11-19-12-10-18-8-6-16-4-2-14;;/h13-14H,1-12H2;;/q;2*+3. The van der Waals surface area contributed by atoms with E-state index in [9.17, 15) is 0 Å². The van der Waals surface area contributed by atoms with Gasteiger partial charge in [-0.15, -0.1) is 0 Å². The van der Waals surface area contributed by atoms with Crippen LogP contribution in [0.2, 0.25) is 0 Å². The maximum atomic E-state index is 8.45. The summed E-state index contributed by atoms with van der Waals surface area (Å²) in [4.78, 5) is 0. The van der Waals surface area contributed by atoms with Crippen LogP contribution in [0.25, 0.3) is 0 Å². The van der Waals surface area contributed by atoms with Gasteiger partial charge in [0.25, 0.3) is 0 Å². The molecular formula is C12H26Fe2O7+6. The molecule has 0 aliphatic heterocycles. The number of rotatable bonds is 16. The van der Waals surface area contributed by atoms with Gasteiger partial charge in [0, 0.05) is 0 Å². The minimum atomic E-state index is 0. The van der Waals surface area contributed by atoms with Crippen molar-refractivity contribution in [2.45, 2.75) is 0 Å². The molecule has 2 N–H and O–H groups in total. The molecule has 0 atom stereocenters. The van der Waals surface area contributed by atoms with Crippen LogP contribution in [0.15, 0.2) is 0 Å². The van der Waals surface area contributed by atoms with Crippen LogP contribution < -0.4 is 0 Å². The molecule has 0 aromatic carbocycles. The van der Waals surface area contributed by atoms with Crippen LogP contribution in [0.5, 0.6) is 0 Å². The SMILES string of the molecule is OCCOCCOCCOCCOCCOCCO.[Fe+3].[Fe+3]. The average molecular weight is 394 g/mol. The smallest absolute Gasteiger partial charge is 0.394 e. The first-order valence-electron chi connectivity index (χ1n) is 6.52. The minimum absolute atomic E-state index is 0. The van der Waals surface area contributed by atoms with Crippen LogP contribution in [-0.4, -0.2) is 89.5 Å². The number of hydrogen-bond donors (Lipinski definition) is 2. The molecule has 0 bridgehead atoms. The first-order valence-corrected chi connectivity index (χ1v) is 6.52. The van der Waals surface area contributed by atoms with Gasteiger partial charge in [-0.1, -0.05) is 0 Å². The second-order valence-electron chi connectivity index (χ2n) is 3.51. The summed E-state index contributed by atoms with van der Waals surface area (Å²) in [5.74, 6) is 0. The van der Waals surface area contributed by atoms with Gasteiger partial charge < -0.3 is 33.9 Å². The topological polar surface area (TPSA) is 86.6 Å². The van der Waals surface area contributed by atoms with E-state index in [0.29, 0.717) is 66.1 Å². The molecule has 0 unspecified atom stereocenters. The maximum absolute atomic E-state index is 8.45. The third-order valence-electron chi connectivity index (χ3n) is 1.96. The van der Waals surface area contributed by atoms with E-state index in [1.54, 1.807) is 0 Å². The van der Waals surface area contributed by atoms with Crippen molar-refractivity contribution in [1.29, 1.82) is 0 Å². The molecule has 0 spiro atoms. The zero-order valence-corrected chi connectivity index (χ0v) is 14.3. The molecule has 0 rings (SSSR count). The Kier molecular flexibility index (Phi) is 32.6. The number of hydrogen-bond acceptors (Lipinski definition) is 7. The first kappa shape index (κ1) is 26.6. The van der Waals surface area contributed by atoms with E-state index in [-0.39, 0.29) is 47.4 Å². The molecular weight excluding hydrogens is 368 g/mol. The van der Waals surface area contributed by atoms with Gasteiger partial charge in [0.2, 0.25) is 0 Å². The van der Waals surface area contributed by atoms with Gasteiger partial charge in [-0.05, 0) is 0 Å². The largest absolute Gasteiger partial charge is 3.00 e. The molecule has 0 fully saturated rings. The van der Waals surface area contributed by atoms with Gasteiger partial charge in [-0.3, -0.25) is 0 Å². The van der Waals surface area contributed by atoms with E-state index in [0.717, 1.165) is 0 Å². The van der Waals surface area contributed by atoms with Crippen molar-refractivity contribution in [2.75, 3.05) is 79.3 Å². The van der Waals surface area contributed by atoms with Crippen LogP contribution >= 0.6 is 0 Å². The molecule has 0 heterocycles. The molecule has 0 saturated carbocycles. The monoisotopic (exact) mass is 394 g/mol. The van der Waals surface area contributed by atoms with Gasteiger partial charge in [0.05, 0.1) is 79.3 Å². The van der Waals surface area contributed by atoms with E-state index >= 15 is 0 Å². The Balaban J connectivity index is -0.00000162. The molecule has 0 amide bonds. The number of aliphatic hydroxyl groups is 2. The number of ether oxygens (including phenoxy) is 5. The fourth-order valence-corrected chi connectivity index (χ4v) is 1.11. The predicted octanol–water partition coefficient (Wildman–Crippen LogP) is -0.951. The summed E-state index contributed by atoms with van der Waals surface area (Å²) in [7, 11) is 0. The molecule has 2 radical (unpaired) electrons. The van der Waals surface area contributed by atoms with Gasteiger partial charge in [0.15, 0.2) is 0 Å². The van der Waals surface area contributed by atoms with Gasteiger partial charge in [-0.25, -0.2) is 0 Å². The zero-order chi connectivity index (χ0) is 14.0. The van der Waals surface area contributed by atoms with Crippen LogP contribution in [0, 0.1) is 0 Å². The van der Waals surface area contributed by atoms with Crippen LogP contribution in [-0.2, 0) is 57.8 Å². The van der Waals surface area contributed by atoms with Gasteiger partial charge in [0.1, 0.15) is 0 Å². The van der Waals surface area contributed by atoms with Crippen molar-refractivity contribution in [1.82, 2.24) is 0 Å². The van der Waals surface area contributed by atoms with E-state index in [4.69, 9.17) is 33.9 Å². The van der Waals surface area contributed by atoms with Crippen molar-refractivity contribution in [2.24, 2.45) is 0 Å². The van der Waals surface area contributed by atoms with E-state index in [1.165, 1.54) is 0 Å². The zero-order valence-electron chi connectivity index (χ0n) is 12.1. The molecule has 21 heavy (non-hydrogen) atoms. The van der Waals surface area contributed by atoms with Gasteiger partial charge in [-0.2, -0.15) is 0 Å². The van der Waals surface area contributed by atoms with Crippen molar-refractivity contribution < 1.29 is 68.0 Å². The summed E-state index contributed by atoms with van der Waals surface area (Å²) in [6.45, 7) is 4.80. The average Bonchev–Trinajstić information content (AvgIpc) is 2.43. The van der Waals surface area contributed by atoms with Crippen LogP contribution in [0.4, 0.5) is 0 Å². The van der Waals surface area contributed by atoms with Crippen LogP contribution in [0.1, 0.15) is 0 Å². The van der Waals surface area contributed by atoms with E-state index < -0.39 is 0 Å². The summed E-state index contributed by atoms with van der Waals surface area (Å²) in [5.41, 5.74) is 0. The van der Waals surface area contributed by atoms with Gasteiger partial charge >= 0.3 is 34.1 Å². The Morgan fingerprint density at radius 3 is 0.762 bits per heavy atom. The normalized spacial score (nSPS) is 10.0. The molecule has 0 aromatic heterocycles. The summed E-state index contributed by atoms with van der Waals surface area (Å²) in [5, 5.41) is 16.9. The molecule has 9 heteroatoms. The Hall–Kier alpha value is 0.759. The van der Waals surface area contributed by atoms with Crippen molar-refractivity contribution >= 4 is 0 Å². The Morgan fingerprint density at radius 1 is 0.381 bits per heavy atom. The van der Waals surface area contributed by atoms with Crippen LogP contribution in [0.3, 0.4) is 0 Å². The summed E-state index contributed by atoms with van der Waals surface area (Å²) in [6, 6.07) is 0. The van der Waals surface area contributed by atoms with Crippen molar-refractivity contribution in [3.05, 3.63) is 0 Å². The Morgan fingerprint density at radius 2 is 0.571 bits per heavy atom. The molecule has 7 nitrogen and oxygen atoms in total. The fourth-order valence-electron chi connectivity index (χ4n) is 1.11. The molecule has 0 saturated heterocycles. The summed E-state index contributed by atoms with van der Waals surface area (Å²) >= 11 is 0. The van der Waals surface area contributed by atoms with Crippen molar-refractivity contribution in [3.63, 3.8) is 0 Å². The molecule has 0 aliphatic carbocycles. The molecule has 0 aliphatic rings. The minimum Gasteiger partial charge on any atom is -0.394 e. The Bertz CT molecular complexity index is 151. The Labute approximate surface area is 147 Å². The molecule has 126 valence electrons. The summed E-state index contributed by atoms with van der Waals surface area (Å²) in [6.07, 6.45) is 0. The fraction of sp³-hybridized carbons (Fsp3) is 1.00. The summed E-state index contributed by atoms with van der Waals surface area (Å²) < 4.78 is 25.8. The second kappa shape index (κ2) is 25.7. The maximum Gasteiger partial charge on any atom is 3.00 e. The first-order chi connectivity index (χ1) is 9.41. The van der Waals surface area contributed by atoms with Crippen molar-refractivity contribution in [3.8, 4) is 0 Å².